The molecule has 0 saturated carbocycles. The summed E-state index contributed by atoms with van der Waals surface area (Å²) in [6, 6.07) is 2.00. The molecule has 0 fully saturated rings. The summed E-state index contributed by atoms with van der Waals surface area (Å²) in [4.78, 5) is 20.7. The largest absolute Gasteiger partial charge is 0.294 e. The fourth-order valence-corrected chi connectivity index (χ4v) is 2.72. The van der Waals surface area contributed by atoms with Crippen molar-refractivity contribution < 1.29 is 4.79 Å². The smallest absolute Gasteiger partial charge is 0.166 e. The average molecular weight is 244 g/mol. The molecule has 0 spiro atoms. The molecule has 0 radical (unpaired) electrons. The number of ketones is 1. The van der Waals surface area contributed by atoms with E-state index in [1.807, 2.05) is 16.8 Å². The number of hydrogen-bond acceptors (Lipinski definition) is 4. The monoisotopic (exact) mass is 244 g/mol. The quantitative estimate of drug-likeness (QED) is 0.724. The van der Waals surface area contributed by atoms with Crippen molar-refractivity contribution in [3.63, 3.8) is 0 Å². The molecular weight excluding hydrogens is 232 g/mol. The molecule has 0 saturated heterocycles. The number of aryl methyl sites for hydroxylation is 1. The van der Waals surface area contributed by atoms with Gasteiger partial charge < -0.3 is 0 Å². The zero-order chi connectivity index (χ0) is 11.7. The Hall–Kier alpha value is -1.55. The van der Waals surface area contributed by atoms with Crippen molar-refractivity contribution in [1.29, 1.82) is 0 Å². The van der Waals surface area contributed by atoms with E-state index >= 15 is 0 Å². The van der Waals surface area contributed by atoms with E-state index in [-0.39, 0.29) is 5.78 Å². The highest BCUT2D eigenvalue weighted by Crippen LogP contribution is 2.23. The highest BCUT2D eigenvalue weighted by atomic mass is 32.1. The van der Waals surface area contributed by atoms with Crippen molar-refractivity contribution >= 4 is 17.1 Å². The first-order valence-corrected chi connectivity index (χ1v) is 6.70. The van der Waals surface area contributed by atoms with Gasteiger partial charge in [0.1, 0.15) is 0 Å². The van der Waals surface area contributed by atoms with Crippen LogP contribution in [0.4, 0.5) is 0 Å². The lowest BCUT2D eigenvalue weighted by Gasteiger charge is -2.04. The molecule has 2 aromatic heterocycles. The summed E-state index contributed by atoms with van der Waals surface area (Å²) in [5, 5.41) is 4.04. The van der Waals surface area contributed by atoms with Crippen LogP contribution >= 0.6 is 11.3 Å². The summed E-state index contributed by atoms with van der Waals surface area (Å²) in [6.07, 6.45) is 5.22. The van der Waals surface area contributed by atoms with E-state index in [1.54, 1.807) is 17.5 Å². The molecule has 4 heteroatoms. The SMILES string of the molecule is O=C1CCCCc2nc(-c3ccsc3)ncc21. The Bertz CT molecular complexity index is 549. The molecule has 1 aliphatic carbocycles. The number of fused-ring (bicyclic) bond motifs is 1. The van der Waals surface area contributed by atoms with Gasteiger partial charge in [-0.25, -0.2) is 9.97 Å². The van der Waals surface area contributed by atoms with E-state index < -0.39 is 0 Å². The minimum absolute atomic E-state index is 0.189. The highest BCUT2D eigenvalue weighted by molar-refractivity contribution is 7.08. The molecule has 86 valence electrons. The second-order valence-corrected chi connectivity index (χ2v) is 4.98. The van der Waals surface area contributed by atoms with Gasteiger partial charge in [0.15, 0.2) is 11.6 Å². The molecule has 0 amide bonds. The topological polar surface area (TPSA) is 42.9 Å². The van der Waals surface area contributed by atoms with Crippen molar-refractivity contribution in [2.75, 3.05) is 0 Å². The Morgan fingerprint density at radius 3 is 2.94 bits per heavy atom. The predicted molar refractivity (Wildman–Crippen MR) is 67.2 cm³/mol. The maximum atomic E-state index is 11.8. The fraction of sp³-hybridized carbons (Fsp3) is 0.308. The molecule has 1 aliphatic rings. The van der Waals surface area contributed by atoms with Gasteiger partial charge in [0.25, 0.3) is 0 Å². The van der Waals surface area contributed by atoms with Crippen LogP contribution < -0.4 is 0 Å². The summed E-state index contributed by atoms with van der Waals surface area (Å²) >= 11 is 1.63. The van der Waals surface area contributed by atoms with Crippen molar-refractivity contribution in [3.05, 3.63) is 34.3 Å². The zero-order valence-electron chi connectivity index (χ0n) is 9.35. The fourth-order valence-electron chi connectivity index (χ4n) is 2.08. The van der Waals surface area contributed by atoms with E-state index in [2.05, 4.69) is 9.97 Å². The van der Waals surface area contributed by atoms with Gasteiger partial charge in [-0.1, -0.05) is 0 Å². The van der Waals surface area contributed by atoms with Gasteiger partial charge in [-0.3, -0.25) is 4.79 Å². The van der Waals surface area contributed by atoms with Crippen LogP contribution in [0.15, 0.2) is 23.0 Å². The summed E-state index contributed by atoms with van der Waals surface area (Å²) < 4.78 is 0. The van der Waals surface area contributed by atoms with Gasteiger partial charge in [0.2, 0.25) is 0 Å². The van der Waals surface area contributed by atoms with E-state index in [0.717, 1.165) is 41.9 Å². The van der Waals surface area contributed by atoms with Crippen molar-refractivity contribution in [2.45, 2.75) is 25.7 Å². The maximum absolute atomic E-state index is 11.8. The molecule has 0 aromatic carbocycles. The third-order valence-electron chi connectivity index (χ3n) is 3.01. The summed E-state index contributed by atoms with van der Waals surface area (Å²) in [5.41, 5.74) is 2.68. The van der Waals surface area contributed by atoms with Crippen LogP contribution in [0.5, 0.6) is 0 Å². The lowest BCUT2D eigenvalue weighted by atomic mass is 10.1. The van der Waals surface area contributed by atoms with Crippen LogP contribution in [0.1, 0.15) is 35.3 Å². The minimum Gasteiger partial charge on any atom is -0.294 e. The lowest BCUT2D eigenvalue weighted by Crippen LogP contribution is -2.04. The minimum atomic E-state index is 0.189. The Labute approximate surface area is 104 Å². The number of carbonyl (C=O) groups excluding carboxylic acids is 1. The van der Waals surface area contributed by atoms with Gasteiger partial charge in [-0.05, 0) is 30.7 Å². The van der Waals surface area contributed by atoms with Gasteiger partial charge in [0.05, 0.1) is 11.3 Å². The number of hydrogen-bond donors (Lipinski definition) is 0. The van der Waals surface area contributed by atoms with Gasteiger partial charge >= 0.3 is 0 Å². The van der Waals surface area contributed by atoms with Crippen molar-refractivity contribution in [2.24, 2.45) is 0 Å². The van der Waals surface area contributed by atoms with Crippen LogP contribution in [0.3, 0.4) is 0 Å². The number of aromatic nitrogens is 2. The van der Waals surface area contributed by atoms with Crippen LogP contribution in [-0.2, 0) is 6.42 Å². The lowest BCUT2D eigenvalue weighted by molar-refractivity contribution is 0.0981. The summed E-state index contributed by atoms with van der Waals surface area (Å²) in [5.74, 6) is 0.925. The van der Waals surface area contributed by atoms with Crippen LogP contribution in [0.25, 0.3) is 11.4 Å². The molecular formula is C13H12N2OS. The first kappa shape index (κ1) is 10.6. The van der Waals surface area contributed by atoms with Gasteiger partial charge in [-0.2, -0.15) is 11.3 Å². The van der Waals surface area contributed by atoms with Crippen LogP contribution in [-0.4, -0.2) is 15.8 Å². The first-order chi connectivity index (χ1) is 8.34. The third-order valence-corrected chi connectivity index (χ3v) is 3.70. The molecule has 0 aliphatic heterocycles. The molecule has 0 unspecified atom stereocenters. The van der Waals surface area contributed by atoms with Gasteiger partial charge in [-0.15, -0.1) is 0 Å². The molecule has 3 nitrogen and oxygen atoms in total. The molecule has 2 heterocycles. The second-order valence-electron chi connectivity index (χ2n) is 4.20. The van der Waals surface area contributed by atoms with Crippen molar-refractivity contribution in [3.8, 4) is 11.4 Å². The van der Waals surface area contributed by atoms with E-state index in [1.165, 1.54) is 0 Å². The molecule has 3 rings (SSSR count). The molecule has 0 atom stereocenters. The molecule has 0 bridgehead atoms. The summed E-state index contributed by atoms with van der Waals surface area (Å²) in [7, 11) is 0. The third kappa shape index (κ3) is 2.00. The average Bonchev–Trinajstić information content (AvgIpc) is 2.82. The standard InChI is InChI=1S/C13H12N2OS/c16-12-4-2-1-3-11-10(12)7-14-13(15-11)9-5-6-17-8-9/h5-8H,1-4H2. The molecule has 0 N–H and O–H groups in total. The number of Topliss-reactive ketones (excluding diaryl/α,β-unsaturated/α-hetero) is 1. The highest BCUT2D eigenvalue weighted by Gasteiger charge is 2.18. The number of carbonyl (C=O) groups is 1. The van der Waals surface area contributed by atoms with E-state index in [0.29, 0.717) is 6.42 Å². The summed E-state index contributed by atoms with van der Waals surface area (Å²) in [6.45, 7) is 0. The molecule has 2 aromatic rings. The van der Waals surface area contributed by atoms with E-state index in [4.69, 9.17) is 0 Å². The second kappa shape index (κ2) is 4.37. The number of rotatable bonds is 1. The van der Waals surface area contributed by atoms with E-state index in [9.17, 15) is 4.79 Å². The Morgan fingerprint density at radius 1 is 1.24 bits per heavy atom. The Balaban J connectivity index is 2.06. The Kier molecular flexibility index (Phi) is 2.73. The number of nitrogens with zero attached hydrogens (tertiary/aromatic N) is 2. The van der Waals surface area contributed by atoms with Crippen LogP contribution in [0.2, 0.25) is 0 Å². The maximum Gasteiger partial charge on any atom is 0.166 e. The first-order valence-electron chi connectivity index (χ1n) is 5.76. The zero-order valence-corrected chi connectivity index (χ0v) is 10.2. The van der Waals surface area contributed by atoms with Crippen molar-refractivity contribution in [1.82, 2.24) is 9.97 Å². The predicted octanol–water partition coefficient (Wildman–Crippen LogP) is 3.11. The van der Waals surface area contributed by atoms with Gasteiger partial charge in [0, 0.05) is 23.6 Å². The Morgan fingerprint density at radius 2 is 2.12 bits per heavy atom. The normalized spacial score (nSPS) is 15.4. The number of thiophene rings is 1. The molecule has 17 heavy (non-hydrogen) atoms. The van der Waals surface area contributed by atoms with Crippen LogP contribution in [0, 0.1) is 0 Å².